The molecule has 0 rings (SSSR count). The van der Waals surface area contributed by atoms with E-state index < -0.39 is 0 Å². The Morgan fingerprint density at radius 3 is 2.33 bits per heavy atom. The number of rotatable bonds is 4. The molecule has 0 amide bonds. The van der Waals surface area contributed by atoms with Crippen molar-refractivity contribution < 1.29 is 0 Å². The first-order valence-electron chi connectivity index (χ1n) is 4.77. The summed E-state index contributed by atoms with van der Waals surface area (Å²) >= 11 is 0. The lowest BCUT2D eigenvalue weighted by atomic mass is 10.1. The summed E-state index contributed by atoms with van der Waals surface area (Å²) < 4.78 is 0. The summed E-state index contributed by atoms with van der Waals surface area (Å²) in [4.78, 5) is 4.39. The van der Waals surface area contributed by atoms with Gasteiger partial charge in [-0.3, -0.25) is 4.99 Å². The smallest absolute Gasteiger partial charge is 0.0258 e. The molecule has 1 heteroatoms. The molecule has 0 saturated carbocycles. The molecule has 0 aromatic carbocycles. The van der Waals surface area contributed by atoms with E-state index in [1.807, 2.05) is 6.20 Å². The minimum atomic E-state index is 0.614. The Bertz CT molecular complexity index is 175. The SMILES string of the molecule is CCC/C(C)=N/C=C(\C)C(C)C. The van der Waals surface area contributed by atoms with Gasteiger partial charge in [-0.2, -0.15) is 0 Å². The van der Waals surface area contributed by atoms with Gasteiger partial charge < -0.3 is 0 Å². The molecule has 0 N–H and O–H groups in total. The Labute approximate surface area is 76.6 Å². The molecule has 0 aromatic heterocycles. The molecule has 0 aromatic rings. The molecule has 0 aliphatic rings. The molecule has 0 bridgehead atoms. The first-order valence-corrected chi connectivity index (χ1v) is 4.77. The standard InChI is InChI=1S/C11H21N/c1-6-7-11(5)12-8-10(4)9(2)3/h8-9H,6-7H2,1-5H3/b10-8+,12-11+. The molecule has 12 heavy (non-hydrogen) atoms. The zero-order valence-electron chi connectivity index (χ0n) is 9.02. The van der Waals surface area contributed by atoms with Crippen LogP contribution in [0.4, 0.5) is 0 Å². The van der Waals surface area contributed by atoms with Crippen LogP contribution in [0.5, 0.6) is 0 Å². The Balaban J connectivity index is 4.08. The largest absolute Gasteiger partial charge is 0.266 e. The second kappa shape index (κ2) is 5.99. The van der Waals surface area contributed by atoms with E-state index in [0.717, 1.165) is 6.42 Å². The van der Waals surface area contributed by atoms with Gasteiger partial charge in [-0.1, -0.05) is 32.8 Å². The molecule has 0 fully saturated rings. The van der Waals surface area contributed by atoms with Gasteiger partial charge in [0.2, 0.25) is 0 Å². The first-order chi connectivity index (χ1) is 5.57. The number of hydrogen-bond donors (Lipinski definition) is 0. The highest BCUT2D eigenvalue weighted by atomic mass is 14.7. The highest BCUT2D eigenvalue weighted by Crippen LogP contribution is 2.07. The zero-order valence-corrected chi connectivity index (χ0v) is 9.02. The Hall–Kier alpha value is -0.590. The van der Waals surface area contributed by atoms with E-state index >= 15 is 0 Å². The van der Waals surface area contributed by atoms with E-state index in [4.69, 9.17) is 0 Å². The van der Waals surface area contributed by atoms with Gasteiger partial charge in [0.15, 0.2) is 0 Å². The summed E-state index contributed by atoms with van der Waals surface area (Å²) in [7, 11) is 0. The quantitative estimate of drug-likeness (QED) is 0.565. The van der Waals surface area contributed by atoms with Gasteiger partial charge in [-0.05, 0) is 26.2 Å². The van der Waals surface area contributed by atoms with Crippen molar-refractivity contribution in [3.05, 3.63) is 11.8 Å². The monoisotopic (exact) mass is 167 g/mol. The number of hydrogen-bond acceptors (Lipinski definition) is 1. The average molecular weight is 167 g/mol. The topological polar surface area (TPSA) is 12.4 Å². The summed E-state index contributed by atoms with van der Waals surface area (Å²) in [5, 5.41) is 0. The maximum Gasteiger partial charge on any atom is 0.0258 e. The number of allylic oxidation sites excluding steroid dienone is 1. The average Bonchev–Trinajstić information content (AvgIpc) is 2.00. The molecule has 1 nitrogen and oxygen atoms in total. The molecule has 0 aliphatic carbocycles. The molecular weight excluding hydrogens is 146 g/mol. The predicted octanol–water partition coefficient (Wildman–Crippen LogP) is 3.81. The summed E-state index contributed by atoms with van der Waals surface area (Å²) in [5.41, 5.74) is 2.59. The van der Waals surface area contributed by atoms with Gasteiger partial charge in [0.25, 0.3) is 0 Å². The van der Waals surface area contributed by atoms with Crippen LogP contribution in [0, 0.1) is 5.92 Å². The van der Waals surface area contributed by atoms with Crippen LogP contribution in [0.25, 0.3) is 0 Å². The van der Waals surface area contributed by atoms with E-state index in [0.29, 0.717) is 5.92 Å². The van der Waals surface area contributed by atoms with Gasteiger partial charge in [0.1, 0.15) is 0 Å². The van der Waals surface area contributed by atoms with Crippen LogP contribution in [0.1, 0.15) is 47.5 Å². The summed E-state index contributed by atoms with van der Waals surface area (Å²) in [6, 6.07) is 0. The van der Waals surface area contributed by atoms with Crippen molar-refractivity contribution in [2.24, 2.45) is 10.9 Å². The van der Waals surface area contributed by atoms with Crippen LogP contribution >= 0.6 is 0 Å². The highest BCUT2D eigenvalue weighted by Gasteiger charge is 1.94. The maximum absolute atomic E-state index is 4.39. The zero-order chi connectivity index (χ0) is 9.56. The van der Waals surface area contributed by atoms with Gasteiger partial charge in [0, 0.05) is 11.9 Å². The molecule has 0 unspecified atom stereocenters. The summed E-state index contributed by atoms with van der Waals surface area (Å²) in [6.45, 7) is 10.8. The lowest BCUT2D eigenvalue weighted by Crippen LogP contribution is -1.91. The third kappa shape index (κ3) is 5.11. The Morgan fingerprint density at radius 1 is 1.33 bits per heavy atom. The molecule has 0 spiro atoms. The van der Waals surface area contributed by atoms with Crippen molar-refractivity contribution in [2.75, 3.05) is 0 Å². The molecule has 0 saturated heterocycles. The van der Waals surface area contributed by atoms with E-state index in [-0.39, 0.29) is 0 Å². The van der Waals surface area contributed by atoms with Crippen molar-refractivity contribution in [3.63, 3.8) is 0 Å². The van der Waals surface area contributed by atoms with E-state index in [1.54, 1.807) is 0 Å². The Morgan fingerprint density at radius 2 is 1.92 bits per heavy atom. The Kier molecular flexibility index (Phi) is 5.69. The fourth-order valence-electron chi connectivity index (χ4n) is 0.787. The lowest BCUT2D eigenvalue weighted by molar-refractivity contribution is 0.766. The van der Waals surface area contributed by atoms with Crippen LogP contribution in [0.2, 0.25) is 0 Å². The predicted molar refractivity (Wildman–Crippen MR) is 56.6 cm³/mol. The van der Waals surface area contributed by atoms with Crippen molar-refractivity contribution in [1.29, 1.82) is 0 Å². The number of nitrogens with zero attached hydrogens (tertiary/aromatic N) is 1. The van der Waals surface area contributed by atoms with E-state index in [9.17, 15) is 0 Å². The molecule has 0 radical (unpaired) electrons. The van der Waals surface area contributed by atoms with Crippen LogP contribution in [-0.4, -0.2) is 5.71 Å². The van der Waals surface area contributed by atoms with Crippen LogP contribution in [0.15, 0.2) is 16.8 Å². The van der Waals surface area contributed by atoms with Gasteiger partial charge in [-0.15, -0.1) is 0 Å². The molecule has 0 aliphatic heterocycles. The molecule has 0 heterocycles. The highest BCUT2D eigenvalue weighted by molar-refractivity contribution is 5.82. The van der Waals surface area contributed by atoms with Gasteiger partial charge in [0.05, 0.1) is 0 Å². The lowest BCUT2D eigenvalue weighted by Gasteiger charge is -2.02. The van der Waals surface area contributed by atoms with Crippen molar-refractivity contribution >= 4 is 5.71 Å². The molecular formula is C11H21N. The van der Waals surface area contributed by atoms with Crippen LogP contribution in [0.3, 0.4) is 0 Å². The normalized spacial score (nSPS) is 14.2. The minimum absolute atomic E-state index is 0.614. The second-order valence-corrected chi connectivity index (χ2v) is 3.64. The van der Waals surface area contributed by atoms with Crippen molar-refractivity contribution in [2.45, 2.75) is 47.5 Å². The number of aliphatic imine (C=N–C) groups is 1. The van der Waals surface area contributed by atoms with Crippen molar-refractivity contribution in [3.8, 4) is 0 Å². The van der Waals surface area contributed by atoms with Crippen molar-refractivity contribution in [1.82, 2.24) is 0 Å². The second-order valence-electron chi connectivity index (χ2n) is 3.64. The first kappa shape index (κ1) is 11.4. The van der Waals surface area contributed by atoms with Crippen LogP contribution < -0.4 is 0 Å². The minimum Gasteiger partial charge on any atom is -0.266 e. The van der Waals surface area contributed by atoms with Crippen LogP contribution in [-0.2, 0) is 0 Å². The molecule has 70 valence electrons. The van der Waals surface area contributed by atoms with E-state index in [2.05, 4.69) is 39.6 Å². The summed E-state index contributed by atoms with van der Waals surface area (Å²) in [5.74, 6) is 0.614. The summed E-state index contributed by atoms with van der Waals surface area (Å²) in [6.07, 6.45) is 4.29. The van der Waals surface area contributed by atoms with Gasteiger partial charge >= 0.3 is 0 Å². The molecule has 0 atom stereocenters. The van der Waals surface area contributed by atoms with Gasteiger partial charge in [-0.25, -0.2) is 0 Å². The fraction of sp³-hybridized carbons (Fsp3) is 0.727. The van der Waals surface area contributed by atoms with E-state index in [1.165, 1.54) is 17.7 Å². The third-order valence-electron chi connectivity index (χ3n) is 2.01. The maximum atomic E-state index is 4.39. The third-order valence-corrected chi connectivity index (χ3v) is 2.01. The fourth-order valence-corrected chi connectivity index (χ4v) is 0.787.